The van der Waals surface area contributed by atoms with E-state index in [4.69, 9.17) is 4.74 Å². The maximum atomic E-state index is 13.4. The number of carbonyl (C=O) groups is 1. The maximum absolute atomic E-state index is 13.4. The van der Waals surface area contributed by atoms with Gasteiger partial charge in [0, 0.05) is 0 Å². The van der Waals surface area contributed by atoms with Gasteiger partial charge in [-0.25, -0.2) is 4.39 Å². The first-order valence-corrected chi connectivity index (χ1v) is 5.75. The van der Waals surface area contributed by atoms with E-state index in [-0.39, 0.29) is 11.3 Å². The Labute approximate surface area is 105 Å². The van der Waals surface area contributed by atoms with Crippen LogP contribution in [0.5, 0.6) is 11.5 Å². The molecule has 0 aliphatic rings. The van der Waals surface area contributed by atoms with E-state index in [0.29, 0.717) is 12.0 Å². The van der Waals surface area contributed by atoms with Crippen molar-refractivity contribution in [2.75, 3.05) is 0 Å². The van der Waals surface area contributed by atoms with Gasteiger partial charge in [0.2, 0.25) is 0 Å². The standard InChI is InChI=1S/C15H13FO2/c1-2-11-5-3-6-12(9-11)18-15-8-4-7-14(16)13(15)10-17/h3-10H,2H2,1H3. The normalized spacial score (nSPS) is 10.1. The van der Waals surface area contributed by atoms with Crippen molar-refractivity contribution in [3.8, 4) is 11.5 Å². The highest BCUT2D eigenvalue weighted by Gasteiger charge is 2.09. The van der Waals surface area contributed by atoms with Gasteiger partial charge in [0.05, 0.1) is 5.56 Å². The molecule has 2 aromatic carbocycles. The predicted molar refractivity (Wildman–Crippen MR) is 67.7 cm³/mol. The van der Waals surface area contributed by atoms with Crippen LogP contribution in [0.3, 0.4) is 0 Å². The Hall–Kier alpha value is -2.16. The van der Waals surface area contributed by atoms with Gasteiger partial charge in [0.1, 0.15) is 17.3 Å². The molecule has 0 saturated heterocycles. The van der Waals surface area contributed by atoms with E-state index >= 15 is 0 Å². The number of hydrogen-bond acceptors (Lipinski definition) is 2. The molecule has 0 fully saturated rings. The minimum Gasteiger partial charge on any atom is -0.457 e. The molecular weight excluding hydrogens is 231 g/mol. The molecule has 0 bridgehead atoms. The van der Waals surface area contributed by atoms with Crippen molar-refractivity contribution < 1.29 is 13.9 Å². The first kappa shape index (κ1) is 12.3. The van der Waals surface area contributed by atoms with E-state index in [1.807, 2.05) is 25.1 Å². The van der Waals surface area contributed by atoms with Crippen molar-refractivity contribution in [3.63, 3.8) is 0 Å². The second kappa shape index (κ2) is 5.45. The Morgan fingerprint density at radius 3 is 2.72 bits per heavy atom. The highest BCUT2D eigenvalue weighted by Crippen LogP contribution is 2.26. The molecular formula is C15H13FO2. The summed E-state index contributed by atoms with van der Waals surface area (Å²) in [6.07, 6.45) is 1.36. The summed E-state index contributed by atoms with van der Waals surface area (Å²) in [5, 5.41) is 0. The third-order valence-electron chi connectivity index (χ3n) is 2.67. The van der Waals surface area contributed by atoms with E-state index < -0.39 is 5.82 Å². The van der Waals surface area contributed by atoms with Gasteiger partial charge in [-0.05, 0) is 36.2 Å². The molecule has 0 heterocycles. The van der Waals surface area contributed by atoms with Crippen LogP contribution in [0.15, 0.2) is 42.5 Å². The number of rotatable bonds is 4. The average molecular weight is 244 g/mol. The second-order valence-corrected chi connectivity index (χ2v) is 3.87. The SMILES string of the molecule is CCc1cccc(Oc2cccc(F)c2C=O)c1. The van der Waals surface area contributed by atoms with Crippen LogP contribution >= 0.6 is 0 Å². The number of hydrogen-bond donors (Lipinski definition) is 0. The number of aryl methyl sites for hydroxylation is 1. The van der Waals surface area contributed by atoms with Crippen LogP contribution in [0, 0.1) is 5.82 Å². The van der Waals surface area contributed by atoms with Crippen molar-refractivity contribution in [2.24, 2.45) is 0 Å². The molecule has 18 heavy (non-hydrogen) atoms. The molecule has 0 N–H and O–H groups in total. The van der Waals surface area contributed by atoms with Crippen molar-refractivity contribution in [2.45, 2.75) is 13.3 Å². The number of aldehydes is 1. The number of ether oxygens (including phenoxy) is 1. The van der Waals surface area contributed by atoms with E-state index in [1.165, 1.54) is 12.1 Å². The molecule has 0 spiro atoms. The van der Waals surface area contributed by atoms with E-state index in [1.54, 1.807) is 12.1 Å². The van der Waals surface area contributed by atoms with Gasteiger partial charge in [0.15, 0.2) is 6.29 Å². The molecule has 2 nitrogen and oxygen atoms in total. The van der Waals surface area contributed by atoms with Crippen molar-refractivity contribution in [1.82, 2.24) is 0 Å². The van der Waals surface area contributed by atoms with Gasteiger partial charge in [0.25, 0.3) is 0 Å². The van der Waals surface area contributed by atoms with Crippen LogP contribution in [0.4, 0.5) is 4.39 Å². The topological polar surface area (TPSA) is 26.3 Å². The van der Waals surface area contributed by atoms with Crippen molar-refractivity contribution >= 4 is 6.29 Å². The maximum Gasteiger partial charge on any atom is 0.156 e. The average Bonchev–Trinajstić information content (AvgIpc) is 2.39. The Morgan fingerprint density at radius 2 is 2.00 bits per heavy atom. The largest absolute Gasteiger partial charge is 0.457 e. The zero-order valence-corrected chi connectivity index (χ0v) is 10.0. The summed E-state index contributed by atoms with van der Waals surface area (Å²) >= 11 is 0. The first-order valence-electron chi connectivity index (χ1n) is 5.75. The van der Waals surface area contributed by atoms with Crippen molar-refractivity contribution in [3.05, 3.63) is 59.4 Å². The highest BCUT2D eigenvalue weighted by atomic mass is 19.1. The quantitative estimate of drug-likeness (QED) is 0.760. The molecule has 3 heteroatoms. The summed E-state index contributed by atoms with van der Waals surface area (Å²) in [5.41, 5.74) is 1.07. The Kier molecular flexibility index (Phi) is 3.72. The minimum absolute atomic E-state index is 0.0561. The zero-order chi connectivity index (χ0) is 13.0. The molecule has 0 saturated carbocycles. The van der Waals surface area contributed by atoms with Gasteiger partial charge in [-0.15, -0.1) is 0 Å². The highest BCUT2D eigenvalue weighted by molar-refractivity contribution is 5.79. The first-order chi connectivity index (χ1) is 8.74. The molecule has 0 unspecified atom stereocenters. The molecule has 0 amide bonds. The summed E-state index contributed by atoms with van der Waals surface area (Å²) < 4.78 is 18.9. The minimum atomic E-state index is -0.575. The zero-order valence-electron chi connectivity index (χ0n) is 10.0. The molecule has 0 aliphatic heterocycles. The Bertz CT molecular complexity index is 564. The lowest BCUT2D eigenvalue weighted by Gasteiger charge is -2.09. The molecule has 0 radical (unpaired) electrons. The Morgan fingerprint density at radius 1 is 1.22 bits per heavy atom. The summed E-state index contributed by atoms with van der Waals surface area (Å²) in [7, 11) is 0. The van der Waals surface area contributed by atoms with Gasteiger partial charge in [-0.1, -0.05) is 25.1 Å². The smallest absolute Gasteiger partial charge is 0.156 e. The lowest BCUT2D eigenvalue weighted by Crippen LogP contribution is -1.94. The van der Waals surface area contributed by atoms with E-state index in [0.717, 1.165) is 12.0 Å². The van der Waals surface area contributed by atoms with Gasteiger partial charge in [-0.2, -0.15) is 0 Å². The van der Waals surface area contributed by atoms with Crippen LogP contribution < -0.4 is 4.74 Å². The molecule has 2 rings (SSSR count). The number of carbonyl (C=O) groups excluding carboxylic acids is 1. The third-order valence-corrected chi connectivity index (χ3v) is 2.67. The van der Waals surface area contributed by atoms with E-state index in [9.17, 15) is 9.18 Å². The summed E-state index contributed by atoms with van der Waals surface area (Å²) in [5.74, 6) is 0.260. The fraction of sp³-hybridized carbons (Fsp3) is 0.133. The summed E-state index contributed by atoms with van der Waals surface area (Å²) in [6, 6.07) is 11.8. The van der Waals surface area contributed by atoms with Crippen molar-refractivity contribution in [1.29, 1.82) is 0 Å². The van der Waals surface area contributed by atoms with Crippen LogP contribution in [-0.2, 0) is 6.42 Å². The van der Waals surface area contributed by atoms with Gasteiger partial charge >= 0.3 is 0 Å². The summed E-state index contributed by atoms with van der Waals surface area (Å²) in [4.78, 5) is 10.8. The molecule has 0 aliphatic carbocycles. The molecule has 92 valence electrons. The number of benzene rings is 2. The van der Waals surface area contributed by atoms with E-state index in [2.05, 4.69) is 0 Å². The molecule has 0 atom stereocenters. The fourth-order valence-electron chi connectivity index (χ4n) is 1.68. The van der Waals surface area contributed by atoms with Crippen LogP contribution in [0.25, 0.3) is 0 Å². The van der Waals surface area contributed by atoms with Gasteiger partial charge < -0.3 is 4.74 Å². The lowest BCUT2D eigenvalue weighted by molar-refractivity contribution is 0.111. The van der Waals surface area contributed by atoms with Crippen LogP contribution in [-0.4, -0.2) is 6.29 Å². The second-order valence-electron chi connectivity index (χ2n) is 3.87. The van der Waals surface area contributed by atoms with Gasteiger partial charge in [-0.3, -0.25) is 4.79 Å². The fourth-order valence-corrected chi connectivity index (χ4v) is 1.68. The predicted octanol–water partition coefficient (Wildman–Crippen LogP) is 3.99. The third kappa shape index (κ3) is 2.56. The Balaban J connectivity index is 2.33. The lowest BCUT2D eigenvalue weighted by atomic mass is 10.1. The number of halogens is 1. The molecule has 2 aromatic rings. The van der Waals surface area contributed by atoms with Crippen LogP contribution in [0.1, 0.15) is 22.8 Å². The van der Waals surface area contributed by atoms with Crippen LogP contribution in [0.2, 0.25) is 0 Å². The summed E-state index contributed by atoms with van der Waals surface area (Å²) in [6.45, 7) is 2.04. The molecule has 0 aromatic heterocycles. The monoisotopic (exact) mass is 244 g/mol.